The zero-order valence-corrected chi connectivity index (χ0v) is 19.1. The van der Waals surface area contributed by atoms with Crippen molar-refractivity contribution in [1.29, 1.82) is 0 Å². The van der Waals surface area contributed by atoms with E-state index in [-0.39, 0.29) is 23.7 Å². The van der Waals surface area contributed by atoms with Gasteiger partial charge in [0.1, 0.15) is 5.75 Å². The molecule has 5 rings (SSSR count). The van der Waals surface area contributed by atoms with Gasteiger partial charge in [0, 0.05) is 27.9 Å². The molecule has 0 aliphatic heterocycles. The maximum Gasteiger partial charge on any atom is 0.342 e. The molecule has 0 atom stereocenters. The molecule has 1 aliphatic rings. The third-order valence-corrected chi connectivity index (χ3v) is 6.63. The van der Waals surface area contributed by atoms with Crippen LogP contribution in [0.25, 0.3) is 21.3 Å². The SMILES string of the molecule is CC(C)NC(=O)n1nc(-c2cc(NC(=O)c3cc4ccccc4s3)ccc2O)cc1C1CC1. The van der Waals surface area contributed by atoms with Gasteiger partial charge in [-0.05, 0) is 68.5 Å². The average Bonchev–Trinajstić information content (AvgIpc) is 3.37. The lowest BCUT2D eigenvalue weighted by atomic mass is 10.1. The Labute approximate surface area is 195 Å². The number of fused-ring (bicyclic) bond motifs is 1. The number of amides is 2. The standard InChI is InChI=1S/C25H24N4O3S/c1-14(2)26-25(32)29-20(15-7-8-15)13-19(28-29)18-12-17(9-10-21(18)30)27-24(31)23-11-16-5-3-4-6-22(16)33-23/h3-6,9-15,30H,7-8H2,1-2H3,(H,26,32)(H,27,31). The molecule has 0 saturated heterocycles. The largest absolute Gasteiger partial charge is 0.507 e. The normalized spacial score (nSPS) is 13.4. The lowest BCUT2D eigenvalue weighted by Crippen LogP contribution is -2.35. The predicted molar refractivity (Wildman–Crippen MR) is 130 cm³/mol. The fourth-order valence-corrected chi connectivity index (χ4v) is 4.73. The number of carbonyl (C=O) groups is 2. The molecule has 4 aromatic rings. The topological polar surface area (TPSA) is 96.3 Å². The summed E-state index contributed by atoms with van der Waals surface area (Å²) < 4.78 is 2.45. The molecule has 2 aromatic heterocycles. The van der Waals surface area contributed by atoms with Crippen LogP contribution in [0, 0.1) is 0 Å². The van der Waals surface area contributed by atoms with E-state index in [0.29, 0.717) is 27.7 Å². The van der Waals surface area contributed by atoms with Crippen molar-refractivity contribution in [1.82, 2.24) is 15.1 Å². The minimum Gasteiger partial charge on any atom is -0.507 e. The molecule has 0 bridgehead atoms. The van der Waals surface area contributed by atoms with E-state index in [4.69, 9.17) is 0 Å². The monoisotopic (exact) mass is 460 g/mol. The average molecular weight is 461 g/mol. The molecule has 2 heterocycles. The van der Waals surface area contributed by atoms with Gasteiger partial charge in [-0.1, -0.05) is 18.2 Å². The van der Waals surface area contributed by atoms with Crippen LogP contribution in [-0.2, 0) is 0 Å². The first-order valence-electron chi connectivity index (χ1n) is 10.9. The summed E-state index contributed by atoms with van der Waals surface area (Å²) in [5, 5.41) is 21.8. The van der Waals surface area contributed by atoms with E-state index in [1.54, 1.807) is 12.1 Å². The summed E-state index contributed by atoms with van der Waals surface area (Å²) in [4.78, 5) is 26.1. The van der Waals surface area contributed by atoms with Gasteiger partial charge in [-0.2, -0.15) is 9.78 Å². The molecule has 168 valence electrons. The summed E-state index contributed by atoms with van der Waals surface area (Å²) >= 11 is 1.43. The Hall–Kier alpha value is -3.65. The number of hydrogen-bond donors (Lipinski definition) is 3. The number of rotatable bonds is 5. The van der Waals surface area contributed by atoms with Gasteiger partial charge in [-0.15, -0.1) is 11.3 Å². The molecular formula is C25H24N4O3S. The molecule has 7 nitrogen and oxygen atoms in total. The van der Waals surface area contributed by atoms with E-state index in [2.05, 4.69) is 15.7 Å². The highest BCUT2D eigenvalue weighted by Gasteiger charge is 2.31. The Kier molecular flexibility index (Phi) is 5.38. The second-order valence-corrected chi connectivity index (χ2v) is 9.66. The second kappa shape index (κ2) is 8.37. The Morgan fingerprint density at radius 3 is 2.64 bits per heavy atom. The molecular weight excluding hydrogens is 436 g/mol. The molecule has 1 fully saturated rings. The maximum absolute atomic E-state index is 12.8. The minimum atomic E-state index is -0.285. The van der Waals surface area contributed by atoms with Crippen molar-refractivity contribution in [2.75, 3.05) is 5.32 Å². The molecule has 0 unspecified atom stereocenters. The van der Waals surface area contributed by atoms with E-state index in [0.717, 1.165) is 28.6 Å². The minimum absolute atomic E-state index is 0.0157. The van der Waals surface area contributed by atoms with Crippen molar-refractivity contribution >= 4 is 39.0 Å². The van der Waals surface area contributed by atoms with Crippen LogP contribution in [0.4, 0.5) is 10.5 Å². The molecule has 2 aromatic carbocycles. The Morgan fingerprint density at radius 1 is 1.12 bits per heavy atom. The number of aromatic nitrogens is 2. The van der Waals surface area contributed by atoms with Gasteiger partial charge in [-0.25, -0.2) is 4.79 Å². The van der Waals surface area contributed by atoms with Crippen molar-refractivity contribution < 1.29 is 14.7 Å². The van der Waals surface area contributed by atoms with Crippen molar-refractivity contribution in [3.63, 3.8) is 0 Å². The van der Waals surface area contributed by atoms with Gasteiger partial charge in [0.2, 0.25) is 0 Å². The van der Waals surface area contributed by atoms with Crippen molar-refractivity contribution in [2.45, 2.75) is 38.6 Å². The van der Waals surface area contributed by atoms with Crippen LogP contribution in [0.2, 0.25) is 0 Å². The number of nitrogens with one attached hydrogen (secondary N) is 2. The molecule has 2 amide bonds. The number of carbonyl (C=O) groups excluding carboxylic acids is 2. The summed E-state index contributed by atoms with van der Waals surface area (Å²) in [6.07, 6.45) is 2.02. The molecule has 1 aliphatic carbocycles. The summed E-state index contributed by atoms with van der Waals surface area (Å²) in [6.45, 7) is 3.79. The third-order valence-electron chi connectivity index (χ3n) is 5.52. The first-order valence-corrected chi connectivity index (χ1v) is 11.7. The number of aromatic hydroxyl groups is 1. The highest BCUT2D eigenvalue weighted by molar-refractivity contribution is 7.20. The fraction of sp³-hybridized carbons (Fsp3) is 0.240. The molecule has 1 saturated carbocycles. The van der Waals surface area contributed by atoms with E-state index < -0.39 is 0 Å². The predicted octanol–water partition coefficient (Wildman–Crippen LogP) is 5.57. The molecule has 0 spiro atoms. The van der Waals surface area contributed by atoms with Crippen molar-refractivity contribution in [2.24, 2.45) is 0 Å². The summed E-state index contributed by atoms with van der Waals surface area (Å²) in [6, 6.07) is 16.1. The second-order valence-electron chi connectivity index (χ2n) is 8.58. The van der Waals surface area contributed by atoms with E-state index in [1.165, 1.54) is 22.1 Å². The highest BCUT2D eigenvalue weighted by atomic mass is 32.1. The maximum atomic E-state index is 12.8. The van der Waals surface area contributed by atoms with Crippen LogP contribution in [-0.4, -0.2) is 32.9 Å². The molecule has 33 heavy (non-hydrogen) atoms. The Balaban J connectivity index is 1.44. The summed E-state index contributed by atoms with van der Waals surface area (Å²) in [7, 11) is 0. The number of benzene rings is 2. The zero-order valence-electron chi connectivity index (χ0n) is 18.3. The van der Waals surface area contributed by atoms with Crippen LogP contribution < -0.4 is 10.6 Å². The Bertz CT molecular complexity index is 1330. The highest BCUT2D eigenvalue weighted by Crippen LogP contribution is 2.42. The number of nitrogens with zero attached hydrogens (tertiary/aromatic N) is 2. The van der Waals surface area contributed by atoms with Gasteiger partial charge < -0.3 is 15.7 Å². The third kappa shape index (κ3) is 4.34. The number of thiophene rings is 1. The first-order chi connectivity index (χ1) is 15.9. The number of phenolic OH excluding ortho intramolecular Hbond substituents is 1. The summed E-state index contributed by atoms with van der Waals surface area (Å²) in [5.41, 5.74) is 2.33. The smallest absolute Gasteiger partial charge is 0.342 e. The van der Waals surface area contributed by atoms with Crippen LogP contribution >= 0.6 is 11.3 Å². The van der Waals surface area contributed by atoms with Gasteiger partial charge >= 0.3 is 6.03 Å². The molecule has 3 N–H and O–H groups in total. The van der Waals surface area contributed by atoms with Gasteiger partial charge in [0.25, 0.3) is 5.91 Å². The van der Waals surface area contributed by atoms with Gasteiger partial charge in [0.05, 0.1) is 16.3 Å². The number of hydrogen-bond acceptors (Lipinski definition) is 5. The zero-order chi connectivity index (χ0) is 23.1. The fourth-order valence-electron chi connectivity index (χ4n) is 3.77. The molecule has 0 radical (unpaired) electrons. The van der Waals surface area contributed by atoms with Crippen LogP contribution in [0.3, 0.4) is 0 Å². The van der Waals surface area contributed by atoms with Crippen molar-refractivity contribution in [3.8, 4) is 17.0 Å². The van der Waals surface area contributed by atoms with E-state index >= 15 is 0 Å². The van der Waals surface area contributed by atoms with E-state index in [9.17, 15) is 14.7 Å². The molecule has 8 heteroatoms. The first kappa shape index (κ1) is 21.2. The quantitative estimate of drug-likeness (QED) is 0.339. The van der Waals surface area contributed by atoms with Crippen LogP contribution in [0.15, 0.2) is 54.6 Å². The van der Waals surface area contributed by atoms with Crippen LogP contribution in [0.5, 0.6) is 5.75 Å². The number of phenols is 1. The Morgan fingerprint density at radius 2 is 1.91 bits per heavy atom. The van der Waals surface area contributed by atoms with Crippen molar-refractivity contribution in [3.05, 3.63) is 65.2 Å². The number of anilines is 1. The van der Waals surface area contributed by atoms with Gasteiger partial charge in [0.15, 0.2) is 0 Å². The lowest BCUT2D eigenvalue weighted by molar-refractivity contribution is 0.103. The lowest BCUT2D eigenvalue weighted by Gasteiger charge is -2.10. The van der Waals surface area contributed by atoms with Crippen LogP contribution in [0.1, 0.15) is 48.0 Å². The summed E-state index contributed by atoms with van der Waals surface area (Å²) in [5.74, 6) is 0.113. The van der Waals surface area contributed by atoms with Gasteiger partial charge in [-0.3, -0.25) is 4.79 Å². The van der Waals surface area contributed by atoms with E-state index in [1.807, 2.05) is 50.2 Å².